The first-order valence-electron chi connectivity index (χ1n) is 11.3. The Morgan fingerprint density at radius 3 is 2.74 bits per heavy atom. The topological polar surface area (TPSA) is 69.9 Å². The number of benzene rings is 2. The second kappa shape index (κ2) is 9.32. The summed E-state index contributed by atoms with van der Waals surface area (Å²) in [7, 11) is 0. The van der Waals surface area contributed by atoms with Crippen molar-refractivity contribution >= 4 is 41.1 Å². The van der Waals surface area contributed by atoms with Gasteiger partial charge in [0.25, 0.3) is 5.56 Å². The Hall–Kier alpha value is -3.42. The molecule has 0 radical (unpaired) electrons. The molecule has 2 atom stereocenters. The number of aromatic nitrogens is 1. The Balaban J connectivity index is 1.71. The van der Waals surface area contributed by atoms with E-state index in [9.17, 15) is 9.59 Å². The number of fused-ring (bicyclic) bond motifs is 2. The van der Waals surface area contributed by atoms with E-state index in [1.165, 1.54) is 11.3 Å². The summed E-state index contributed by atoms with van der Waals surface area (Å²) in [6.45, 7) is 5.66. The Morgan fingerprint density at radius 2 is 1.97 bits per heavy atom. The summed E-state index contributed by atoms with van der Waals surface area (Å²) in [4.78, 5) is 31.9. The van der Waals surface area contributed by atoms with Crippen LogP contribution in [0.15, 0.2) is 75.2 Å². The van der Waals surface area contributed by atoms with Crippen molar-refractivity contribution in [3.8, 4) is 5.75 Å². The minimum Gasteiger partial charge on any atom is -0.485 e. The maximum Gasteiger partial charge on any atom is 0.338 e. The molecule has 2 unspecified atom stereocenters. The number of ether oxygens (including phenoxy) is 2. The second-order valence-corrected chi connectivity index (χ2v) is 9.68. The molecule has 0 spiro atoms. The molecule has 1 aromatic heterocycles. The molecule has 2 aliphatic heterocycles. The monoisotopic (exact) mass is 506 g/mol. The number of para-hydroxylation sites is 1. The zero-order valence-electron chi connectivity index (χ0n) is 19.4. The molecule has 178 valence electrons. The molecule has 8 heteroatoms. The molecule has 0 amide bonds. The molecule has 5 rings (SSSR count). The molecule has 3 aromatic rings. The SMILES string of the molecule is CCOC(=O)C1=C(C)N=c2sc(=CC3=Cc4ccccc4OC3C)c(=O)n2C1c1ccccc1Cl. The molecule has 0 saturated heterocycles. The quantitative estimate of drug-likeness (QED) is 0.496. The number of carbonyl (C=O) groups excluding carboxylic acids is 1. The van der Waals surface area contributed by atoms with E-state index in [1.54, 1.807) is 24.5 Å². The van der Waals surface area contributed by atoms with Gasteiger partial charge in [0.1, 0.15) is 17.9 Å². The van der Waals surface area contributed by atoms with Crippen LogP contribution in [0, 0.1) is 0 Å². The highest BCUT2D eigenvalue weighted by Crippen LogP contribution is 2.34. The summed E-state index contributed by atoms with van der Waals surface area (Å²) in [5, 5.41) is 0.456. The van der Waals surface area contributed by atoms with Gasteiger partial charge in [0.05, 0.1) is 22.4 Å². The number of allylic oxidation sites excluding steroid dienone is 1. The maximum atomic E-state index is 13.8. The number of halogens is 1. The van der Waals surface area contributed by atoms with Crippen LogP contribution in [0.3, 0.4) is 0 Å². The van der Waals surface area contributed by atoms with Gasteiger partial charge in [-0.15, -0.1) is 0 Å². The standard InChI is InChI=1S/C27H23ClN2O4S/c1-4-33-26(32)23-15(2)29-27-30(24(23)19-10-6-7-11-20(19)28)25(31)22(35-27)14-18-13-17-9-5-8-12-21(17)34-16(18)3/h5-14,16,24H,4H2,1-3H3. The van der Waals surface area contributed by atoms with Crippen LogP contribution in [-0.4, -0.2) is 23.2 Å². The van der Waals surface area contributed by atoms with Crippen molar-refractivity contribution in [3.63, 3.8) is 0 Å². The summed E-state index contributed by atoms with van der Waals surface area (Å²) < 4.78 is 13.4. The van der Waals surface area contributed by atoms with E-state index in [0.717, 1.165) is 16.9 Å². The van der Waals surface area contributed by atoms with Gasteiger partial charge in [-0.2, -0.15) is 0 Å². The molecule has 3 heterocycles. The van der Waals surface area contributed by atoms with E-state index in [4.69, 9.17) is 21.1 Å². The van der Waals surface area contributed by atoms with E-state index < -0.39 is 12.0 Å². The lowest BCUT2D eigenvalue weighted by Gasteiger charge is -2.25. The van der Waals surface area contributed by atoms with Gasteiger partial charge in [0.2, 0.25) is 0 Å². The highest BCUT2D eigenvalue weighted by molar-refractivity contribution is 7.07. The van der Waals surface area contributed by atoms with Gasteiger partial charge in [-0.05, 0) is 56.2 Å². The third-order valence-electron chi connectivity index (χ3n) is 6.03. The van der Waals surface area contributed by atoms with Crippen molar-refractivity contribution in [3.05, 3.63) is 101 Å². The lowest BCUT2D eigenvalue weighted by Crippen LogP contribution is -2.40. The van der Waals surface area contributed by atoms with Crippen LogP contribution in [0.5, 0.6) is 5.75 Å². The van der Waals surface area contributed by atoms with Gasteiger partial charge in [0, 0.05) is 10.6 Å². The second-order valence-electron chi connectivity index (χ2n) is 8.27. The molecule has 0 aliphatic carbocycles. The van der Waals surface area contributed by atoms with E-state index in [2.05, 4.69) is 4.99 Å². The number of hydrogen-bond donors (Lipinski definition) is 0. The fourth-order valence-corrected chi connectivity index (χ4v) is 5.64. The van der Waals surface area contributed by atoms with Crippen molar-refractivity contribution in [2.24, 2.45) is 4.99 Å². The number of thiazole rings is 1. The molecule has 0 bridgehead atoms. The smallest absolute Gasteiger partial charge is 0.338 e. The molecule has 2 aliphatic rings. The van der Waals surface area contributed by atoms with E-state index in [1.807, 2.05) is 61.5 Å². The van der Waals surface area contributed by atoms with Crippen molar-refractivity contribution in [2.45, 2.75) is 32.9 Å². The maximum absolute atomic E-state index is 13.8. The number of hydrogen-bond acceptors (Lipinski definition) is 6. The summed E-state index contributed by atoms with van der Waals surface area (Å²) in [6, 6.07) is 14.2. The first-order valence-corrected chi connectivity index (χ1v) is 12.5. The normalized spacial score (nSPS) is 19.3. The van der Waals surface area contributed by atoms with Crippen molar-refractivity contribution < 1.29 is 14.3 Å². The Bertz CT molecular complexity index is 1580. The minimum absolute atomic E-state index is 0.211. The lowest BCUT2D eigenvalue weighted by atomic mass is 9.96. The first-order chi connectivity index (χ1) is 16.9. The molecular weight excluding hydrogens is 484 g/mol. The summed E-state index contributed by atoms with van der Waals surface area (Å²) in [5.41, 5.74) is 3.04. The minimum atomic E-state index is -0.740. The van der Waals surface area contributed by atoms with Gasteiger partial charge >= 0.3 is 5.97 Å². The summed E-state index contributed by atoms with van der Waals surface area (Å²) in [6.07, 6.45) is 3.65. The molecule has 0 fully saturated rings. The predicted molar refractivity (Wildman–Crippen MR) is 137 cm³/mol. The zero-order valence-corrected chi connectivity index (χ0v) is 21.0. The van der Waals surface area contributed by atoms with E-state index in [0.29, 0.717) is 31.2 Å². The highest BCUT2D eigenvalue weighted by Gasteiger charge is 2.34. The molecule has 0 N–H and O–H groups in total. The van der Waals surface area contributed by atoms with Gasteiger partial charge in [-0.25, -0.2) is 9.79 Å². The van der Waals surface area contributed by atoms with Crippen LogP contribution in [0.25, 0.3) is 12.2 Å². The molecule has 35 heavy (non-hydrogen) atoms. The number of rotatable bonds is 4. The third-order valence-corrected chi connectivity index (χ3v) is 7.36. The highest BCUT2D eigenvalue weighted by atomic mass is 35.5. The molecule has 2 aromatic carbocycles. The molecule has 6 nitrogen and oxygen atoms in total. The fourth-order valence-electron chi connectivity index (χ4n) is 4.36. The average Bonchev–Trinajstić information content (AvgIpc) is 3.13. The average molecular weight is 507 g/mol. The van der Waals surface area contributed by atoms with Crippen LogP contribution in [0.2, 0.25) is 5.02 Å². The van der Waals surface area contributed by atoms with E-state index >= 15 is 0 Å². The third kappa shape index (κ3) is 4.15. The summed E-state index contributed by atoms with van der Waals surface area (Å²) >= 11 is 7.83. The number of carbonyl (C=O) groups is 1. The van der Waals surface area contributed by atoms with Gasteiger partial charge in [-0.1, -0.05) is 59.3 Å². The summed E-state index contributed by atoms with van der Waals surface area (Å²) in [5.74, 6) is 0.300. The Kier molecular flexibility index (Phi) is 6.21. The number of esters is 1. The van der Waals surface area contributed by atoms with Gasteiger partial charge in [-0.3, -0.25) is 9.36 Å². The van der Waals surface area contributed by atoms with Crippen LogP contribution in [-0.2, 0) is 9.53 Å². The van der Waals surface area contributed by atoms with Crippen molar-refractivity contribution in [1.82, 2.24) is 4.57 Å². The Labute approximate surface area is 211 Å². The molecular formula is C27H23ClN2O4S. The van der Waals surface area contributed by atoms with Crippen molar-refractivity contribution in [1.29, 1.82) is 0 Å². The Morgan fingerprint density at radius 1 is 1.23 bits per heavy atom. The van der Waals surface area contributed by atoms with Gasteiger partial charge in [0.15, 0.2) is 4.80 Å². The zero-order chi connectivity index (χ0) is 24.7. The molecule has 0 saturated carbocycles. The predicted octanol–water partition coefficient (Wildman–Crippen LogP) is 4.27. The van der Waals surface area contributed by atoms with Crippen molar-refractivity contribution in [2.75, 3.05) is 6.61 Å². The van der Waals surface area contributed by atoms with Gasteiger partial charge < -0.3 is 9.47 Å². The van der Waals surface area contributed by atoms with Crippen LogP contribution < -0.4 is 19.6 Å². The largest absolute Gasteiger partial charge is 0.485 e. The fraction of sp³-hybridized carbons (Fsp3) is 0.222. The van der Waals surface area contributed by atoms with Crippen LogP contribution >= 0.6 is 22.9 Å². The van der Waals surface area contributed by atoms with Crippen LogP contribution in [0.4, 0.5) is 0 Å². The van der Waals surface area contributed by atoms with E-state index in [-0.39, 0.29) is 18.3 Å². The van der Waals surface area contributed by atoms with Crippen LogP contribution in [0.1, 0.15) is 37.9 Å². The number of nitrogens with zero attached hydrogens (tertiary/aromatic N) is 2. The lowest BCUT2D eigenvalue weighted by molar-refractivity contribution is -0.139. The first kappa shape index (κ1) is 23.3.